The highest BCUT2D eigenvalue weighted by atomic mass is 19.1. The molecule has 0 aliphatic carbocycles. The number of hydrogen-bond acceptors (Lipinski definition) is 2. The van der Waals surface area contributed by atoms with E-state index in [9.17, 15) is 9.18 Å². The Bertz CT molecular complexity index is 846. The Kier molecular flexibility index (Phi) is 5.54. The number of aromatic nitrogens is 1. The Morgan fingerprint density at radius 3 is 2.43 bits per heavy atom. The van der Waals surface area contributed by atoms with Crippen LogP contribution in [-0.2, 0) is 0 Å². The third kappa shape index (κ3) is 3.72. The van der Waals surface area contributed by atoms with E-state index in [1.54, 1.807) is 12.1 Å². The molecule has 28 heavy (non-hydrogen) atoms. The summed E-state index contributed by atoms with van der Waals surface area (Å²) in [5.74, 6) is 0.509. The molecule has 150 valence electrons. The zero-order valence-corrected chi connectivity index (χ0v) is 17.0. The summed E-state index contributed by atoms with van der Waals surface area (Å²) >= 11 is 0. The topological polar surface area (TPSA) is 28.5 Å². The van der Waals surface area contributed by atoms with E-state index in [0.29, 0.717) is 17.2 Å². The lowest BCUT2D eigenvalue weighted by atomic mass is 9.95. The first-order chi connectivity index (χ1) is 13.5. The summed E-state index contributed by atoms with van der Waals surface area (Å²) in [7, 11) is 0. The van der Waals surface area contributed by atoms with Crippen LogP contribution >= 0.6 is 0 Å². The Morgan fingerprint density at radius 1 is 1.07 bits per heavy atom. The average Bonchev–Trinajstić information content (AvgIpc) is 3.30. The van der Waals surface area contributed by atoms with Crippen molar-refractivity contribution in [1.29, 1.82) is 0 Å². The van der Waals surface area contributed by atoms with E-state index in [1.165, 1.54) is 38.5 Å². The van der Waals surface area contributed by atoms with Gasteiger partial charge in [-0.15, -0.1) is 0 Å². The number of carbonyl (C=O) groups is 1. The minimum absolute atomic E-state index is 0.0790. The van der Waals surface area contributed by atoms with Crippen LogP contribution in [0.15, 0.2) is 30.3 Å². The fraction of sp³-hybridized carbons (Fsp3) is 0.522. The van der Waals surface area contributed by atoms with Crippen LogP contribution in [-0.4, -0.2) is 53.0 Å². The maximum Gasteiger partial charge on any atom is 0.255 e. The van der Waals surface area contributed by atoms with Crippen LogP contribution in [0.5, 0.6) is 0 Å². The van der Waals surface area contributed by atoms with Gasteiger partial charge in [-0.05, 0) is 76.7 Å². The van der Waals surface area contributed by atoms with Gasteiger partial charge in [-0.2, -0.15) is 0 Å². The van der Waals surface area contributed by atoms with Gasteiger partial charge < -0.3 is 14.4 Å². The number of para-hydroxylation sites is 1. The van der Waals surface area contributed by atoms with Crippen molar-refractivity contribution in [1.82, 2.24) is 14.4 Å². The van der Waals surface area contributed by atoms with Gasteiger partial charge in [0.15, 0.2) is 0 Å². The third-order valence-electron chi connectivity index (χ3n) is 6.37. The zero-order chi connectivity index (χ0) is 19.7. The van der Waals surface area contributed by atoms with Crippen molar-refractivity contribution in [2.75, 3.05) is 32.7 Å². The van der Waals surface area contributed by atoms with E-state index < -0.39 is 0 Å². The third-order valence-corrected chi connectivity index (χ3v) is 6.37. The van der Waals surface area contributed by atoms with Gasteiger partial charge in [-0.1, -0.05) is 12.1 Å². The minimum atomic E-state index is -0.272. The van der Waals surface area contributed by atoms with Crippen LogP contribution in [0.4, 0.5) is 4.39 Å². The Labute approximate surface area is 166 Å². The van der Waals surface area contributed by atoms with E-state index in [2.05, 4.69) is 4.90 Å². The number of likely N-dealkylation sites (tertiary alicyclic amines) is 2. The quantitative estimate of drug-likeness (QED) is 0.792. The maximum atomic E-state index is 14.3. The largest absolute Gasteiger partial charge is 0.339 e. The predicted molar refractivity (Wildman–Crippen MR) is 110 cm³/mol. The molecule has 2 fully saturated rings. The molecule has 0 radical (unpaired) electrons. The Morgan fingerprint density at radius 2 is 1.75 bits per heavy atom. The monoisotopic (exact) mass is 383 g/mol. The lowest BCUT2D eigenvalue weighted by Gasteiger charge is -2.34. The number of hydrogen-bond donors (Lipinski definition) is 0. The van der Waals surface area contributed by atoms with Gasteiger partial charge in [-0.25, -0.2) is 4.39 Å². The van der Waals surface area contributed by atoms with Crippen molar-refractivity contribution >= 4 is 5.91 Å². The highest BCUT2D eigenvalue weighted by Gasteiger charge is 2.28. The molecule has 4 rings (SSSR count). The SMILES string of the molecule is Cc1cc(C(=O)N2CCC(CN3CCCC3)CC2)c(C)n1-c1ccccc1F. The number of halogens is 1. The first kappa shape index (κ1) is 19.2. The summed E-state index contributed by atoms with van der Waals surface area (Å²) < 4.78 is 16.1. The van der Waals surface area contributed by atoms with Crippen molar-refractivity contribution in [3.8, 4) is 5.69 Å². The average molecular weight is 384 g/mol. The first-order valence-electron chi connectivity index (χ1n) is 10.5. The van der Waals surface area contributed by atoms with Gasteiger partial charge in [0.2, 0.25) is 0 Å². The van der Waals surface area contributed by atoms with Gasteiger partial charge in [0.25, 0.3) is 5.91 Å². The molecule has 0 atom stereocenters. The summed E-state index contributed by atoms with van der Waals surface area (Å²) in [6.45, 7) is 9.14. The summed E-state index contributed by atoms with van der Waals surface area (Å²) in [6.07, 6.45) is 4.81. The number of aryl methyl sites for hydroxylation is 1. The molecular weight excluding hydrogens is 353 g/mol. The van der Waals surface area contributed by atoms with Crippen LogP contribution in [0.3, 0.4) is 0 Å². The van der Waals surface area contributed by atoms with E-state index in [4.69, 9.17) is 0 Å². The lowest BCUT2D eigenvalue weighted by molar-refractivity contribution is 0.0672. The molecule has 1 amide bonds. The molecule has 0 saturated carbocycles. The van der Waals surface area contributed by atoms with Crippen molar-refractivity contribution in [2.24, 2.45) is 5.92 Å². The molecule has 0 bridgehead atoms. The van der Waals surface area contributed by atoms with Crippen LogP contribution in [0, 0.1) is 25.6 Å². The van der Waals surface area contributed by atoms with E-state index in [1.807, 2.05) is 35.4 Å². The first-order valence-corrected chi connectivity index (χ1v) is 10.5. The van der Waals surface area contributed by atoms with Gasteiger partial charge in [0.05, 0.1) is 11.3 Å². The molecule has 0 spiro atoms. The highest BCUT2D eigenvalue weighted by Crippen LogP contribution is 2.26. The zero-order valence-electron chi connectivity index (χ0n) is 17.0. The molecule has 2 aliphatic rings. The number of rotatable bonds is 4. The summed E-state index contributed by atoms with van der Waals surface area (Å²) in [5.41, 5.74) is 2.89. The number of nitrogens with zero attached hydrogens (tertiary/aromatic N) is 3. The fourth-order valence-corrected chi connectivity index (χ4v) is 4.80. The van der Waals surface area contributed by atoms with Gasteiger partial charge in [-0.3, -0.25) is 4.79 Å². The molecule has 0 unspecified atom stereocenters. The molecule has 5 heteroatoms. The predicted octanol–water partition coefficient (Wildman–Crippen LogP) is 4.18. The number of benzene rings is 1. The lowest BCUT2D eigenvalue weighted by Crippen LogP contribution is -2.41. The molecule has 2 saturated heterocycles. The van der Waals surface area contributed by atoms with Gasteiger partial charge in [0, 0.05) is 31.0 Å². The van der Waals surface area contributed by atoms with Crippen molar-refractivity contribution in [2.45, 2.75) is 39.5 Å². The Hall–Kier alpha value is -2.14. The molecule has 2 aromatic rings. The number of amides is 1. The maximum absolute atomic E-state index is 14.3. The highest BCUT2D eigenvalue weighted by molar-refractivity contribution is 5.96. The summed E-state index contributed by atoms with van der Waals surface area (Å²) in [4.78, 5) is 17.7. The van der Waals surface area contributed by atoms with Crippen LogP contribution in [0.2, 0.25) is 0 Å². The molecule has 4 nitrogen and oxygen atoms in total. The molecule has 3 heterocycles. The smallest absolute Gasteiger partial charge is 0.255 e. The van der Waals surface area contributed by atoms with Crippen LogP contribution in [0.1, 0.15) is 47.4 Å². The fourth-order valence-electron chi connectivity index (χ4n) is 4.80. The van der Waals surface area contributed by atoms with E-state index in [-0.39, 0.29) is 11.7 Å². The van der Waals surface area contributed by atoms with E-state index in [0.717, 1.165) is 37.3 Å². The van der Waals surface area contributed by atoms with Gasteiger partial charge >= 0.3 is 0 Å². The second-order valence-corrected chi connectivity index (χ2v) is 8.31. The van der Waals surface area contributed by atoms with Crippen molar-refractivity contribution in [3.63, 3.8) is 0 Å². The second-order valence-electron chi connectivity index (χ2n) is 8.31. The van der Waals surface area contributed by atoms with Crippen molar-refractivity contribution < 1.29 is 9.18 Å². The number of piperidine rings is 1. The molecule has 0 N–H and O–H groups in total. The van der Waals surface area contributed by atoms with E-state index >= 15 is 0 Å². The summed E-state index contributed by atoms with van der Waals surface area (Å²) in [6, 6.07) is 8.63. The normalized spacial score (nSPS) is 18.8. The molecule has 2 aliphatic heterocycles. The molecule has 1 aromatic carbocycles. The van der Waals surface area contributed by atoms with Gasteiger partial charge in [0.1, 0.15) is 5.82 Å². The second kappa shape index (κ2) is 8.08. The summed E-state index contributed by atoms with van der Waals surface area (Å²) in [5, 5.41) is 0. The number of carbonyl (C=O) groups excluding carboxylic acids is 1. The van der Waals surface area contributed by atoms with Crippen molar-refractivity contribution in [3.05, 3.63) is 53.1 Å². The minimum Gasteiger partial charge on any atom is -0.339 e. The Balaban J connectivity index is 1.46. The van der Waals surface area contributed by atoms with Crippen LogP contribution < -0.4 is 0 Å². The molecular formula is C23H30FN3O. The standard InChI is InChI=1S/C23H30FN3O/c1-17-15-20(18(2)27(17)22-8-4-3-7-21(22)24)23(28)26-13-9-19(10-14-26)16-25-11-5-6-12-25/h3-4,7-8,15,19H,5-6,9-14,16H2,1-2H3. The van der Waals surface area contributed by atoms with Crippen LogP contribution in [0.25, 0.3) is 5.69 Å². The molecule has 1 aromatic heterocycles.